The summed E-state index contributed by atoms with van der Waals surface area (Å²) in [5.41, 5.74) is 1.57. The molecule has 0 unspecified atom stereocenters. The van der Waals surface area contributed by atoms with E-state index in [1.807, 2.05) is 12.1 Å². The van der Waals surface area contributed by atoms with Crippen molar-refractivity contribution in [2.24, 2.45) is 0 Å². The van der Waals surface area contributed by atoms with Crippen molar-refractivity contribution in [3.63, 3.8) is 0 Å². The van der Waals surface area contributed by atoms with Crippen molar-refractivity contribution in [2.45, 2.75) is 0 Å². The second kappa shape index (κ2) is 7.59. The Bertz CT molecular complexity index is 678. The molecule has 24 heavy (non-hydrogen) atoms. The zero-order valence-corrected chi connectivity index (χ0v) is 13.6. The number of anilines is 2. The molecule has 0 spiro atoms. The molecule has 1 aromatic carbocycles. The molecule has 1 aliphatic rings. The maximum absolute atomic E-state index is 11.8. The topological polar surface area (TPSA) is 61.4 Å². The second-order valence-corrected chi connectivity index (χ2v) is 5.59. The molecular formula is C18H21N5O. The van der Waals surface area contributed by atoms with E-state index in [1.54, 1.807) is 12.1 Å². The lowest BCUT2D eigenvalue weighted by Gasteiger charge is -2.36. The molecule has 1 saturated heterocycles. The number of nitrogens with one attached hydrogen (secondary N) is 1. The van der Waals surface area contributed by atoms with Crippen LogP contribution in [-0.4, -0.2) is 48.8 Å². The molecule has 0 bridgehead atoms. The summed E-state index contributed by atoms with van der Waals surface area (Å²) in [5.74, 6) is 0.575. The van der Waals surface area contributed by atoms with Gasteiger partial charge in [-0.1, -0.05) is 24.3 Å². The van der Waals surface area contributed by atoms with Crippen molar-refractivity contribution in [3.8, 4) is 0 Å². The number of benzene rings is 1. The van der Waals surface area contributed by atoms with Gasteiger partial charge >= 0.3 is 0 Å². The smallest absolute Gasteiger partial charge is 0.272 e. The van der Waals surface area contributed by atoms with Crippen LogP contribution in [0.25, 0.3) is 0 Å². The van der Waals surface area contributed by atoms with E-state index >= 15 is 0 Å². The number of hydrogen-bond donors (Lipinski definition) is 1. The van der Waals surface area contributed by atoms with E-state index in [2.05, 4.69) is 56.2 Å². The molecule has 3 rings (SSSR count). The normalized spacial score (nSPS) is 14.3. The van der Waals surface area contributed by atoms with E-state index in [4.69, 9.17) is 0 Å². The lowest BCUT2D eigenvalue weighted by Crippen LogP contribution is -2.46. The van der Waals surface area contributed by atoms with Crippen molar-refractivity contribution in [1.82, 2.24) is 15.5 Å². The summed E-state index contributed by atoms with van der Waals surface area (Å²) < 4.78 is 0. The molecule has 0 saturated carbocycles. The minimum atomic E-state index is -0.233. The van der Waals surface area contributed by atoms with Crippen molar-refractivity contribution in [1.29, 1.82) is 0 Å². The summed E-state index contributed by atoms with van der Waals surface area (Å²) in [6.07, 6.45) is 1.63. The molecule has 1 aliphatic heterocycles. The summed E-state index contributed by atoms with van der Waals surface area (Å²) in [5, 5.41) is 10.9. The quantitative estimate of drug-likeness (QED) is 0.849. The van der Waals surface area contributed by atoms with Gasteiger partial charge in [0.25, 0.3) is 5.91 Å². The Balaban J connectivity index is 1.58. The van der Waals surface area contributed by atoms with Gasteiger partial charge < -0.3 is 15.1 Å². The fraction of sp³-hybridized carbons (Fsp3) is 0.278. The van der Waals surface area contributed by atoms with Gasteiger partial charge in [0, 0.05) is 38.4 Å². The maximum atomic E-state index is 11.8. The van der Waals surface area contributed by atoms with E-state index < -0.39 is 0 Å². The van der Waals surface area contributed by atoms with Crippen LogP contribution >= 0.6 is 0 Å². The first-order valence-corrected chi connectivity index (χ1v) is 8.05. The standard InChI is InChI=1S/C18H21N5O/c1-2-10-19-18(24)16-8-9-17(21-20-16)23-13-11-22(12-14-23)15-6-4-3-5-7-15/h2-9H,1,10-14H2,(H,19,24). The fourth-order valence-electron chi connectivity index (χ4n) is 2.70. The Morgan fingerprint density at radius 2 is 1.75 bits per heavy atom. The first-order valence-electron chi connectivity index (χ1n) is 8.05. The van der Waals surface area contributed by atoms with Gasteiger partial charge in [-0.3, -0.25) is 4.79 Å². The number of carbonyl (C=O) groups excluding carboxylic acids is 1. The summed E-state index contributed by atoms with van der Waals surface area (Å²) in [4.78, 5) is 16.4. The van der Waals surface area contributed by atoms with Crippen LogP contribution in [0.15, 0.2) is 55.1 Å². The molecule has 2 aromatic rings. The molecule has 6 nitrogen and oxygen atoms in total. The number of piperazine rings is 1. The number of aromatic nitrogens is 2. The number of rotatable bonds is 5. The SMILES string of the molecule is C=CCNC(=O)c1ccc(N2CCN(c3ccccc3)CC2)nn1. The van der Waals surface area contributed by atoms with Gasteiger partial charge in [-0.05, 0) is 24.3 Å². The third-order valence-electron chi connectivity index (χ3n) is 4.02. The molecule has 1 amide bonds. The molecule has 124 valence electrons. The third kappa shape index (κ3) is 3.71. The van der Waals surface area contributed by atoms with E-state index in [1.165, 1.54) is 5.69 Å². The highest BCUT2D eigenvalue weighted by molar-refractivity contribution is 5.92. The molecule has 1 fully saturated rings. The number of nitrogens with zero attached hydrogens (tertiary/aromatic N) is 4. The van der Waals surface area contributed by atoms with Crippen molar-refractivity contribution in [3.05, 3.63) is 60.8 Å². The van der Waals surface area contributed by atoms with E-state index in [9.17, 15) is 4.79 Å². The van der Waals surface area contributed by atoms with Crippen LogP contribution in [0.5, 0.6) is 0 Å². The van der Waals surface area contributed by atoms with Crippen LogP contribution in [0.3, 0.4) is 0 Å². The van der Waals surface area contributed by atoms with Crippen LogP contribution in [0.2, 0.25) is 0 Å². The number of para-hydroxylation sites is 1. The zero-order chi connectivity index (χ0) is 16.8. The van der Waals surface area contributed by atoms with Crippen molar-refractivity contribution >= 4 is 17.4 Å². The lowest BCUT2D eigenvalue weighted by molar-refractivity contribution is 0.0952. The highest BCUT2D eigenvalue weighted by atomic mass is 16.1. The first kappa shape index (κ1) is 16.0. The number of amides is 1. The first-order chi connectivity index (χ1) is 11.8. The average Bonchev–Trinajstić information content (AvgIpc) is 2.67. The van der Waals surface area contributed by atoms with E-state index in [0.29, 0.717) is 12.2 Å². The molecular weight excluding hydrogens is 302 g/mol. The Morgan fingerprint density at radius 1 is 1.04 bits per heavy atom. The van der Waals surface area contributed by atoms with Gasteiger partial charge in [-0.2, -0.15) is 0 Å². The number of carbonyl (C=O) groups is 1. The largest absolute Gasteiger partial charge is 0.368 e. The van der Waals surface area contributed by atoms with Gasteiger partial charge in [0.1, 0.15) is 0 Å². The summed E-state index contributed by atoms with van der Waals surface area (Å²) in [6.45, 7) is 7.63. The highest BCUT2D eigenvalue weighted by Gasteiger charge is 2.19. The van der Waals surface area contributed by atoms with Crippen LogP contribution in [0.1, 0.15) is 10.5 Å². The molecule has 0 radical (unpaired) electrons. The van der Waals surface area contributed by atoms with Gasteiger partial charge in [0.05, 0.1) is 0 Å². The molecule has 6 heteroatoms. The third-order valence-corrected chi connectivity index (χ3v) is 4.02. The van der Waals surface area contributed by atoms with Gasteiger partial charge in [0.15, 0.2) is 11.5 Å². The molecule has 0 aliphatic carbocycles. The summed E-state index contributed by atoms with van der Waals surface area (Å²) in [6, 6.07) is 14.0. The molecule has 2 heterocycles. The molecule has 1 N–H and O–H groups in total. The maximum Gasteiger partial charge on any atom is 0.272 e. The fourth-order valence-corrected chi connectivity index (χ4v) is 2.70. The summed E-state index contributed by atoms with van der Waals surface area (Å²) >= 11 is 0. The predicted octanol–water partition coefficient (Wildman–Crippen LogP) is 1.72. The minimum absolute atomic E-state index is 0.233. The second-order valence-electron chi connectivity index (χ2n) is 5.59. The van der Waals surface area contributed by atoms with Crippen LogP contribution in [0, 0.1) is 0 Å². The Morgan fingerprint density at radius 3 is 2.38 bits per heavy atom. The van der Waals surface area contributed by atoms with E-state index in [0.717, 1.165) is 32.0 Å². The van der Waals surface area contributed by atoms with Crippen LogP contribution < -0.4 is 15.1 Å². The van der Waals surface area contributed by atoms with Gasteiger partial charge in [-0.15, -0.1) is 16.8 Å². The lowest BCUT2D eigenvalue weighted by atomic mass is 10.2. The Labute approximate surface area is 141 Å². The van der Waals surface area contributed by atoms with Crippen molar-refractivity contribution < 1.29 is 4.79 Å². The Hall–Kier alpha value is -2.89. The zero-order valence-electron chi connectivity index (χ0n) is 13.6. The minimum Gasteiger partial charge on any atom is -0.368 e. The summed E-state index contributed by atoms with van der Waals surface area (Å²) in [7, 11) is 0. The monoisotopic (exact) mass is 323 g/mol. The van der Waals surface area contributed by atoms with Gasteiger partial charge in [-0.25, -0.2) is 0 Å². The molecule has 1 aromatic heterocycles. The van der Waals surface area contributed by atoms with Crippen LogP contribution in [0.4, 0.5) is 11.5 Å². The van der Waals surface area contributed by atoms with Gasteiger partial charge in [0.2, 0.25) is 0 Å². The highest BCUT2D eigenvalue weighted by Crippen LogP contribution is 2.18. The molecule has 0 atom stereocenters. The van der Waals surface area contributed by atoms with Crippen LogP contribution in [-0.2, 0) is 0 Å². The predicted molar refractivity (Wildman–Crippen MR) is 95.4 cm³/mol. The Kier molecular flexibility index (Phi) is 5.05. The van der Waals surface area contributed by atoms with E-state index in [-0.39, 0.29) is 5.91 Å². The average molecular weight is 323 g/mol. The number of hydrogen-bond acceptors (Lipinski definition) is 5. The van der Waals surface area contributed by atoms with Crippen molar-refractivity contribution in [2.75, 3.05) is 42.5 Å².